The molecule has 3 rings (SSSR count). The van der Waals surface area contributed by atoms with Crippen LogP contribution in [0.3, 0.4) is 0 Å². The maximum Gasteiger partial charge on any atom is 0.259 e. The average molecular weight is 255 g/mol. The molecule has 3 aromatic rings. The monoisotopic (exact) mass is 255 g/mol. The average Bonchev–Trinajstić information content (AvgIpc) is 2.95. The van der Waals surface area contributed by atoms with Crippen molar-refractivity contribution in [1.82, 2.24) is 9.72 Å². The topological polar surface area (TPSA) is 60.1 Å². The molecule has 0 bridgehead atoms. The van der Waals surface area contributed by atoms with Gasteiger partial charge in [0.05, 0.1) is 5.56 Å². The summed E-state index contributed by atoms with van der Waals surface area (Å²) in [5.74, 6) is 0.897. The number of carbonyl (C=O) groups excluding carboxylic acids is 1. The molecule has 0 fully saturated rings. The largest absolute Gasteiger partial charge is 0.360 e. The first kappa shape index (κ1) is 11.5. The van der Waals surface area contributed by atoms with Gasteiger partial charge in [0.15, 0.2) is 5.82 Å². The normalized spacial score (nSPS) is 10.8. The number of anilines is 1. The SMILES string of the molecule is Cc1cc(NC(=O)c2cn(C)c3ccccc23)no1. The van der Waals surface area contributed by atoms with Gasteiger partial charge in [0.2, 0.25) is 0 Å². The number of carbonyl (C=O) groups is 1. The highest BCUT2D eigenvalue weighted by Gasteiger charge is 2.14. The van der Waals surface area contributed by atoms with E-state index >= 15 is 0 Å². The van der Waals surface area contributed by atoms with Gasteiger partial charge in [0.1, 0.15) is 5.76 Å². The Kier molecular flexibility index (Phi) is 2.59. The first-order chi connectivity index (χ1) is 9.15. The summed E-state index contributed by atoms with van der Waals surface area (Å²) in [6, 6.07) is 9.46. The molecule has 5 nitrogen and oxygen atoms in total. The Labute approximate surface area is 109 Å². The van der Waals surface area contributed by atoms with E-state index in [0.717, 1.165) is 10.9 Å². The quantitative estimate of drug-likeness (QED) is 0.766. The minimum Gasteiger partial charge on any atom is -0.360 e. The Morgan fingerprint density at radius 2 is 2.16 bits per heavy atom. The summed E-state index contributed by atoms with van der Waals surface area (Å²) in [6.45, 7) is 1.78. The summed E-state index contributed by atoms with van der Waals surface area (Å²) in [7, 11) is 1.92. The van der Waals surface area contributed by atoms with Gasteiger partial charge in [0.25, 0.3) is 5.91 Å². The molecule has 96 valence electrons. The molecule has 0 unspecified atom stereocenters. The van der Waals surface area contributed by atoms with Crippen LogP contribution >= 0.6 is 0 Å². The maximum absolute atomic E-state index is 12.2. The number of fused-ring (bicyclic) bond motifs is 1. The second-order valence-corrected chi connectivity index (χ2v) is 4.45. The highest BCUT2D eigenvalue weighted by molar-refractivity contribution is 6.12. The Balaban J connectivity index is 1.98. The number of rotatable bonds is 2. The van der Waals surface area contributed by atoms with Crippen LogP contribution < -0.4 is 5.32 Å². The zero-order chi connectivity index (χ0) is 13.4. The van der Waals surface area contributed by atoms with E-state index in [2.05, 4.69) is 10.5 Å². The molecule has 5 heteroatoms. The summed E-state index contributed by atoms with van der Waals surface area (Å²) in [4.78, 5) is 12.2. The molecule has 0 spiro atoms. The number of benzene rings is 1. The number of aryl methyl sites for hydroxylation is 2. The lowest BCUT2D eigenvalue weighted by molar-refractivity contribution is 0.102. The third kappa shape index (κ3) is 1.99. The van der Waals surface area contributed by atoms with E-state index in [1.165, 1.54) is 0 Å². The fourth-order valence-corrected chi connectivity index (χ4v) is 2.13. The van der Waals surface area contributed by atoms with E-state index in [-0.39, 0.29) is 5.91 Å². The summed E-state index contributed by atoms with van der Waals surface area (Å²) in [5.41, 5.74) is 1.64. The van der Waals surface area contributed by atoms with Crippen LogP contribution in [0.25, 0.3) is 10.9 Å². The summed E-state index contributed by atoms with van der Waals surface area (Å²) in [6.07, 6.45) is 1.81. The minimum atomic E-state index is -0.190. The van der Waals surface area contributed by atoms with Gasteiger partial charge in [-0.05, 0) is 13.0 Å². The molecular formula is C14H13N3O2. The molecule has 0 aliphatic heterocycles. The number of hydrogen-bond donors (Lipinski definition) is 1. The third-order valence-corrected chi connectivity index (χ3v) is 3.01. The van der Waals surface area contributed by atoms with Crippen molar-refractivity contribution in [1.29, 1.82) is 0 Å². The van der Waals surface area contributed by atoms with E-state index in [1.54, 1.807) is 13.0 Å². The van der Waals surface area contributed by atoms with Crippen LogP contribution in [0.5, 0.6) is 0 Å². The van der Waals surface area contributed by atoms with Crippen LogP contribution in [-0.4, -0.2) is 15.6 Å². The fraction of sp³-hybridized carbons (Fsp3) is 0.143. The van der Waals surface area contributed by atoms with Gasteiger partial charge in [-0.2, -0.15) is 0 Å². The first-order valence-corrected chi connectivity index (χ1v) is 5.94. The second kappa shape index (κ2) is 4.28. The molecule has 0 atom stereocenters. The van der Waals surface area contributed by atoms with Crippen LogP contribution in [-0.2, 0) is 7.05 Å². The van der Waals surface area contributed by atoms with Crippen LogP contribution in [0.1, 0.15) is 16.1 Å². The number of nitrogens with zero attached hydrogens (tertiary/aromatic N) is 2. The molecule has 0 aliphatic carbocycles. The molecule has 1 amide bonds. The van der Waals surface area contributed by atoms with Crippen LogP contribution in [0.4, 0.5) is 5.82 Å². The molecule has 0 aliphatic rings. The van der Waals surface area contributed by atoms with Gasteiger partial charge >= 0.3 is 0 Å². The summed E-state index contributed by atoms with van der Waals surface area (Å²) >= 11 is 0. The van der Waals surface area contributed by atoms with Gasteiger partial charge in [0, 0.05) is 30.2 Å². The van der Waals surface area contributed by atoms with Gasteiger partial charge in [-0.25, -0.2) is 0 Å². The first-order valence-electron chi connectivity index (χ1n) is 5.94. The lowest BCUT2D eigenvalue weighted by Crippen LogP contribution is -2.11. The van der Waals surface area contributed by atoms with E-state index in [9.17, 15) is 4.79 Å². The molecule has 1 N–H and O–H groups in total. The molecule has 2 heterocycles. The van der Waals surface area contributed by atoms with Crippen molar-refractivity contribution in [2.45, 2.75) is 6.92 Å². The molecule has 19 heavy (non-hydrogen) atoms. The molecular weight excluding hydrogens is 242 g/mol. The van der Waals surface area contributed by atoms with Crippen molar-refractivity contribution in [3.63, 3.8) is 0 Å². The molecule has 1 aromatic carbocycles. The number of nitrogens with one attached hydrogen (secondary N) is 1. The Bertz CT molecular complexity index is 755. The Hall–Kier alpha value is -2.56. The van der Waals surface area contributed by atoms with Crippen molar-refractivity contribution in [2.24, 2.45) is 7.05 Å². The maximum atomic E-state index is 12.2. The number of hydrogen-bond acceptors (Lipinski definition) is 3. The van der Waals surface area contributed by atoms with Crippen molar-refractivity contribution in [2.75, 3.05) is 5.32 Å². The molecule has 2 aromatic heterocycles. The fourth-order valence-electron chi connectivity index (χ4n) is 2.13. The zero-order valence-corrected chi connectivity index (χ0v) is 10.7. The highest BCUT2D eigenvalue weighted by Crippen LogP contribution is 2.21. The van der Waals surface area contributed by atoms with Gasteiger partial charge in [-0.15, -0.1) is 0 Å². The van der Waals surface area contributed by atoms with Gasteiger partial charge in [-0.3, -0.25) is 4.79 Å². The minimum absolute atomic E-state index is 0.190. The van der Waals surface area contributed by atoms with E-state index in [1.807, 2.05) is 42.1 Å². The van der Waals surface area contributed by atoms with Crippen molar-refractivity contribution >= 4 is 22.6 Å². The van der Waals surface area contributed by atoms with E-state index in [4.69, 9.17) is 4.52 Å². The standard InChI is InChI=1S/C14H13N3O2/c1-9-7-13(16-19-9)15-14(18)11-8-17(2)12-6-4-3-5-10(11)12/h3-8H,1-2H3,(H,15,16,18). The Morgan fingerprint density at radius 1 is 1.37 bits per heavy atom. The number of para-hydroxylation sites is 1. The smallest absolute Gasteiger partial charge is 0.259 e. The number of aromatic nitrogens is 2. The van der Waals surface area contributed by atoms with E-state index < -0.39 is 0 Å². The summed E-state index contributed by atoms with van der Waals surface area (Å²) in [5, 5.41) is 7.40. The van der Waals surface area contributed by atoms with E-state index in [0.29, 0.717) is 17.1 Å². The Morgan fingerprint density at radius 3 is 2.89 bits per heavy atom. The van der Waals surface area contributed by atoms with Crippen molar-refractivity contribution < 1.29 is 9.32 Å². The highest BCUT2D eigenvalue weighted by atomic mass is 16.5. The summed E-state index contributed by atoms with van der Waals surface area (Å²) < 4.78 is 6.85. The molecule has 0 radical (unpaired) electrons. The van der Waals surface area contributed by atoms with Crippen LogP contribution in [0.15, 0.2) is 41.1 Å². The van der Waals surface area contributed by atoms with Crippen LogP contribution in [0, 0.1) is 6.92 Å². The third-order valence-electron chi connectivity index (χ3n) is 3.01. The van der Waals surface area contributed by atoms with Crippen LogP contribution in [0.2, 0.25) is 0 Å². The van der Waals surface area contributed by atoms with Crippen molar-refractivity contribution in [3.05, 3.63) is 47.9 Å². The second-order valence-electron chi connectivity index (χ2n) is 4.45. The van der Waals surface area contributed by atoms with Crippen molar-refractivity contribution in [3.8, 4) is 0 Å². The molecule has 0 saturated carbocycles. The van der Waals surface area contributed by atoms with Gasteiger partial charge in [-0.1, -0.05) is 23.4 Å². The lowest BCUT2D eigenvalue weighted by atomic mass is 10.1. The van der Waals surface area contributed by atoms with Gasteiger partial charge < -0.3 is 14.4 Å². The predicted molar refractivity (Wildman–Crippen MR) is 72.1 cm³/mol. The lowest BCUT2D eigenvalue weighted by Gasteiger charge is -1.99. The predicted octanol–water partition coefficient (Wildman–Crippen LogP) is 2.73. The molecule has 0 saturated heterocycles. The number of amides is 1. The zero-order valence-electron chi connectivity index (χ0n) is 10.7.